The van der Waals surface area contributed by atoms with Crippen molar-refractivity contribution in [2.24, 2.45) is 5.10 Å². The largest absolute Gasteiger partial charge is 0.454 e. The minimum absolute atomic E-state index is 0.00370. The van der Waals surface area contributed by atoms with Crippen molar-refractivity contribution < 1.29 is 18.9 Å². The topological polar surface area (TPSA) is 156 Å². The smallest absolute Gasteiger partial charge is 0.294 e. The summed E-state index contributed by atoms with van der Waals surface area (Å²) in [7, 11) is 0. The van der Waals surface area contributed by atoms with Crippen LogP contribution in [0.3, 0.4) is 0 Å². The number of nitrogen functional groups attached to an aromatic ring is 1. The van der Waals surface area contributed by atoms with Gasteiger partial charge >= 0.3 is 0 Å². The van der Waals surface area contributed by atoms with Gasteiger partial charge < -0.3 is 15.2 Å². The van der Waals surface area contributed by atoms with Crippen molar-refractivity contribution in [3.63, 3.8) is 0 Å². The van der Waals surface area contributed by atoms with E-state index in [0.29, 0.717) is 28.5 Å². The van der Waals surface area contributed by atoms with E-state index in [1.807, 2.05) is 17.5 Å². The van der Waals surface area contributed by atoms with Gasteiger partial charge in [-0.1, -0.05) is 11.3 Å². The number of nitrogens with two attached hydrogens (primary N) is 1. The molecule has 0 saturated carbocycles. The quantitative estimate of drug-likeness (QED) is 0.350. The first-order valence-electron chi connectivity index (χ1n) is 8.94. The number of rotatable bonds is 5. The molecule has 156 valence electrons. The monoisotopic (exact) mass is 438 g/mol. The number of thiophene rings is 1. The lowest BCUT2D eigenvalue weighted by Crippen LogP contribution is -2.20. The van der Waals surface area contributed by atoms with Crippen LogP contribution in [0.15, 0.2) is 45.4 Å². The van der Waals surface area contributed by atoms with Crippen molar-refractivity contribution in [2.75, 3.05) is 12.5 Å². The molecule has 0 radical (unpaired) electrons. The van der Waals surface area contributed by atoms with Crippen molar-refractivity contribution in [3.05, 3.63) is 46.3 Å². The molecule has 0 bridgehead atoms. The number of carbonyl (C=O) groups is 1. The predicted molar refractivity (Wildman–Crippen MR) is 109 cm³/mol. The van der Waals surface area contributed by atoms with E-state index in [-0.39, 0.29) is 24.1 Å². The number of benzene rings is 1. The van der Waals surface area contributed by atoms with Gasteiger partial charge in [0, 0.05) is 10.4 Å². The maximum atomic E-state index is 12.9. The number of ether oxygens (including phenoxy) is 2. The molecule has 0 saturated heterocycles. The van der Waals surface area contributed by atoms with E-state index in [1.165, 1.54) is 16.0 Å². The minimum Gasteiger partial charge on any atom is -0.454 e. The first-order chi connectivity index (χ1) is 15.1. The molecule has 3 aromatic heterocycles. The molecule has 1 amide bonds. The van der Waals surface area contributed by atoms with Crippen LogP contribution in [0.5, 0.6) is 11.5 Å². The van der Waals surface area contributed by atoms with Gasteiger partial charge in [0.05, 0.1) is 5.71 Å². The van der Waals surface area contributed by atoms with E-state index in [0.717, 1.165) is 4.88 Å². The zero-order chi connectivity index (χ0) is 21.4. The summed E-state index contributed by atoms with van der Waals surface area (Å²) < 4.78 is 16.8. The molecule has 0 atom stereocenters. The lowest BCUT2D eigenvalue weighted by atomic mass is 10.1. The first kappa shape index (κ1) is 18.7. The lowest BCUT2D eigenvalue weighted by molar-refractivity contribution is 0.0950. The van der Waals surface area contributed by atoms with Crippen LogP contribution < -0.4 is 20.6 Å². The van der Waals surface area contributed by atoms with Crippen LogP contribution >= 0.6 is 11.3 Å². The van der Waals surface area contributed by atoms with Crippen molar-refractivity contribution in [1.29, 1.82) is 0 Å². The normalized spacial score (nSPS) is 12.9. The molecule has 1 aliphatic rings. The molecule has 13 heteroatoms. The van der Waals surface area contributed by atoms with Gasteiger partial charge in [0.25, 0.3) is 5.91 Å². The van der Waals surface area contributed by atoms with Crippen LogP contribution in [-0.2, 0) is 0 Å². The van der Waals surface area contributed by atoms with Gasteiger partial charge in [0.1, 0.15) is 5.69 Å². The van der Waals surface area contributed by atoms with Gasteiger partial charge in [-0.2, -0.15) is 9.78 Å². The zero-order valence-corrected chi connectivity index (χ0v) is 16.8. The Hall–Kier alpha value is -4.26. The molecule has 1 aromatic carbocycles. The van der Waals surface area contributed by atoms with Gasteiger partial charge in [-0.25, -0.2) is 10.1 Å². The van der Waals surface area contributed by atoms with Crippen LogP contribution in [-0.4, -0.2) is 43.7 Å². The minimum atomic E-state index is -0.565. The number of carbonyl (C=O) groups excluding carboxylic acids is 1. The number of nitrogens with zero attached hydrogens (tertiary/aromatic N) is 6. The second kappa shape index (κ2) is 7.53. The maximum Gasteiger partial charge on any atom is 0.294 e. The van der Waals surface area contributed by atoms with E-state index >= 15 is 0 Å². The van der Waals surface area contributed by atoms with E-state index in [4.69, 9.17) is 15.2 Å². The molecule has 4 aromatic rings. The number of hydrazone groups is 1. The second-order valence-electron chi connectivity index (χ2n) is 6.36. The summed E-state index contributed by atoms with van der Waals surface area (Å²) in [5.41, 5.74) is 9.88. The molecular weight excluding hydrogens is 424 g/mol. The predicted octanol–water partition coefficient (Wildman–Crippen LogP) is 1.84. The van der Waals surface area contributed by atoms with Crippen molar-refractivity contribution in [2.45, 2.75) is 6.92 Å². The zero-order valence-electron chi connectivity index (χ0n) is 16.0. The molecule has 0 aliphatic carbocycles. The van der Waals surface area contributed by atoms with Crippen LogP contribution in [0.25, 0.3) is 17.1 Å². The number of fused-ring (bicyclic) bond motifs is 1. The second-order valence-corrected chi connectivity index (χ2v) is 7.30. The summed E-state index contributed by atoms with van der Waals surface area (Å²) in [6.07, 6.45) is 0. The molecule has 0 unspecified atom stereocenters. The Morgan fingerprint density at radius 1 is 1.26 bits per heavy atom. The highest BCUT2D eigenvalue weighted by Gasteiger charge is 2.26. The van der Waals surface area contributed by atoms with E-state index in [2.05, 4.69) is 35.8 Å². The molecule has 0 spiro atoms. The SMILES string of the molecule is C/C(=N\NC(=O)c1nnn(-c2nonc2N)c1-c1ccc2c(c1)OCO2)c1cccs1. The van der Waals surface area contributed by atoms with E-state index < -0.39 is 5.91 Å². The van der Waals surface area contributed by atoms with Crippen molar-refractivity contribution in [1.82, 2.24) is 30.7 Å². The maximum absolute atomic E-state index is 12.9. The third-order valence-electron chi connectivity index (χ3n) is 4.43. The molecule has 31 heavy (non-hydrogen) atoms. The number of anilines is 1. The van der Waals surface area contributed by atoms with Gasteiger partial charge in [-0.15, -0.1) is 16.4 Å². The first-order valence-corrected chi connectivity index (χ1v) is 9.82. The third-order valence-corrected chi connectivity index (χ3v) is 5.41. The Bertz CT molecular complexity index is 1290. The molecule has 3 N–H and O–H groups in total. The number of nitrogens with one attached hydrogen (secondary N) is 1. The standard InChI is InChI=1S/C18H14N8O4S/c1-9(13-3-2-6-31-13)20-22-18(27)14-15(10-4-5-11-12(7-10)29-8-28-11)26(25-21-14)17-16(19)23-30-24-17/h2-7H,8H2,1H3,(H2,19,23)(H,22,27)/b20-9+. The van der Waals surface area contributed by atoms with E-state index in [9.17, 15) is 4.79 Å². The summed E-state index contributed by atoms with van der Waals surface area (Å²) in [6, 6.07) is 8.98. The molecule has 5 rings (SSSR count). The van der Waals surface area contributed by atoms with Crippen LogP contribution in [0, 0.1) is 0 Å². The summed E-state index contributed by atoms with van der Waals surface area (Å²) in [5.74, 6) is 0.634. The molecule has 0 fully saturated rings. The molecular formula is C18H14N8O4S. The lowest BCUT2D eigenvalue weighted by Gasteiger charge is -2.07. The number of aromatic nitrogens is 5. The highest BCUT2D eigenvalue weighted by Crippen LogP contribution is 2.37. The van der Waals surface area contributed by atoms with Crippen molar-refractivity contribution >= 4 is 28.8 Å². The summed E-state index contributed by atoms with van der Waals surface area (Å²) in [4.78, 5) is 13.9. The summed E-state index contributed by atoms with van der Waals surface area (Å²) in [5, 5.41) is 21.5. The number of hydrogen-bond acceptors (Lipinski definition) is 11. The Morgan fingerprint density at radius 3 is 2.90 bits per heavy atom. The highest BCUT2D eigenvalue weighted by molar-refractivity contribution is 7.12. The van der Waals surface area contributed by atoms with E-state index in [1.54, 1.807) is 25.1 Å². The van der Waals surface area contributed by atoms with Crippen LogP contribution in [0.1, 0.15) is 22.3 Å². The molecule has 1 aliphatic heterocycles. The van der Waals surface area contributed by atoms with Crippen LogP contribution in [0.2, 0.25) is 0 Å². The summed E-state index contributed by atoms with van der Waals surface area (Å²) in [6.45, 7) is 1.91. The van der Waals surface area contributed by atoms with Crippen molar-refractivity contribution in [3.8, 4) is 28.6 Å². The number of amides is 1. The Morgan fingerprint density at radius 2 is 2.13 bits per heavy atom. The molecule has 4 heterocycles. The van der Waals surface area contributed by atoms with Gasteiger partial charge in [-0.3, -0.25) is 4.79 Å². The fraction of sp³-hybridized carbons (Fsp3) is 0.111. The fourth-order valence-electron chi connectivity index (χ4n) is 2.95. The fourth-order valence-corrected chi connectivity index (χ4v) is 3.63. The Kier molecular flexibility index (Phi) is 4.55. The highest BCUT2D eigenvalue weighted by atomic mass is 32.1. The summed E-state index contributed by atoms with van der Waals surface area (Å²) >= 11 is 1.51. The number of hydrogen-bond donors (Lipinski definition) is 2. The average Bonchev–Trinajstić information content (AvgIpc) is 3.57. The van der Waals surface area contributed by atoms with Gasteiger partial charge in [-0.05, 0) is 46.9 Å². The van der Waals surface area contributed by atoms with Crippen LogP contribution in [0.4, 0.5) is 5.82 Å². The average molecular weight is 438 g/mol. The molecule has 12 nitrogen and oxygen atoms in total. The van der Waals surface area contributed by atoms with Gasteiger partial charge in [0.15, 0.2) is 17.2 Å². The Labute approximate surface area is 178 Å². The Balaban J connectivity index is 1.56. The third kappa shape index (κ3) is 3.36. The van der Waals surface area contributed by atoms with Gasteiger partial charge in [0.2, 0.25) is 18.4 Å².